The minimum Gasteiger partial charge on any atom is -0.496 e. The molecule has 1 fully saturated rings. The van der Waals surface area contributed by atoms with Gasteiger partial charge >= 0.3 is 0 Å². The number of fused-ring (bicyclic) bond motifs is 1. The van der Waals surface area contributed by atoms with Crippen molar-refractivity contribution in [2.45, 2.75) is 58.8 Å². The van der Waals surface area contributed by atoms with Crippen LogP contribution in [0.3, 0.4) is 0 Å². The predicted octanol–water partition coefficient (Wildman–Crippen LogP) is 5.09. The van der Waals surface area contributed by atoms with Gasteiger partial charge in [-0.3, -0.25) is 4.79 Å². The van der Waals surface area contributed by atoms with Gasteiger partial charge in [-0.05, 0) is 31.7 Å². The van der Waals surface area contributed by atoms with E-state index >= 15 is 0 Å². The van der Waals surface area contributed by atoms with Gasteiger partial charge in [0.05, 0.1) is 30.5 Å². The van der Waals surface area contributed by atoms with Crippen LogP contribution in [0.25, 0.3) is 5.57 Å². The minimum atomic E-state index is -0.0948. The van der Waals surface area contributed by atoms with E-state index in [2.05, 4.69) is 43.1 Å². The van der Waals surface area contributed by atoms with E-state index in [4.69, 9.17) is 9.47 Å². The van der Waals surface area contributed by atoms with Gasteiger partial charge in [-0.15, -0.1) is 11.3 Å². The molecule has 4 nitrogen and oxygen atoms in total. The predicted molar refractivity (Wildman–Crippen MR) is 111 cm³/mol. The Morgan fingerprint density at radius 1 is 1.29 bits per heavy atom. The lowest BCUT2D eigenvalue weighted by molar-refractivity contribution is -0.133. The quantitative estimate of drug-likeness (QED) is 0.705. The first kappa shape index (κ1) is 19.3. The number of thiazole rings is 1. The summed E-state index contributed by atoms with van der Waals surface area (Å²) in [7, 11) is 0. The standard InChI is InChI=1S/C23H27NO3S/c1-4-17-9-18-21(10-20(17)26-11-16-7-5-6-14(2)8-16)27-12-19(22(18)25)23-24-15(3)13-28-23/h5-8,12-13,17-18,20-21H,4,9-11H2,1-3H3. The number of carbonyl (C=O) groups excluding carboxylic acids is 1. The third-order valence-corrected chi connectivity index (χ3v) is 6.87. The number of allylic oxidation sites excluding steroid dienone is 1. The maximum atomic E-state index is 13.1. The molecule has 0 saturated heterocycles. The summed E-state index contributed by atoms with van der Waals surface area (Å²) in [5.41, 5.74) is 4.01. The molecule has 4 atom stereocenters. The summed E-state index contributed by atoms with van der Waals surface area (Å²) in [5.74, 6) is 0.463. The molecule has 0 radical (unpaired) electrons. The van der Waals surface area contributed by atoms with Gasteiger partial charge in [0.2, 0.25) is 0 Å². The maximum Gasteiger partial charge on any atom is 0.175 e. The van der Waals surface area contributed by atoms with E-state index in [0.29, 0.717) is 18.1 Å². The van der Waals surface area contributed by atoms with E-state index in [1.807, 2.05) is 12.3 Å². The second-order valence-electron chi connectivity index (χ2n) is 7.95. The lowest BCUT2D eigenvalue weighted by Gasteiger charge is -2.41. The molecule has 0 bridgehead atoms. The van der Waals surface area contributed by atoms with Gasteiger partial charge in [0.25, 0.3) is 0 Å². The lowest BCUT2D eigenvalue weighted by atomic mass is 9.72. The SMILES string of the molecule is CCC1CC2C(=O)C(c3nc(C)cs3)=COC2CC1OCc1cccc(C)c1. The zero-order valence-electron chi connectivity index (χ0n) is 16.7. The maximum absolute atomic E-state index is 13.1. The molecule has 1 aromatic carbocycles. The van der Waals surface area contributed by atoms with Crippen LogP contribution in [0.4, 0.5) is 0 Å². The summed E-state index contributed by atoms with van der Waals surface area (Å²) < 4.78 is 12.3. The highest BCUT2D eigenvalue weighted by Crippen LogP contribution is 2.41. The molecule has 148 valence electrons. The first-order valence-electron chi connectivity index (χ1n) is 10.0. The largest absolute Gasteiger partial charge is 0.496 e. The van der Waals surface area contributed by atoms with Crippen LogP contribution in [0, 0.1) is 25.7 Å². The van der Waals surface area contributed by atoms with Gasteiger partial charge in [0, 0.05) is 17.5 Å². The number of hydrogen-bond donors (Lipinski definition) is 0. The summed E-state index contributed by atoms with van der Waals surface area (Å²) in [6.07, 6.45) is 4.25. The van der Waals surface area contributed by atoms with E-state index in [9.17, 15) is 4.79 Å². The van der Waals surface area contributed by atoms with Crippen LogP contribution in [0.5, 0.6) is 0 Å². The smallest absolute Gasteiger partial charge is 0.175 e. The van der Waals surface area contributed by atoms with Crippen molar-refractivity contribution in [1.82, 2.24) is 4.98 Å². The number of hydrogen-bond acceptors (Lipinski definition) is 5. The summed E-state index contributed by atoms with van der Waals surface area (Å²) in [4.78, 5) is 17.6. The molecular formula is C23H27NO3S. The molecule has 1 saturated carbocycles. The van der Waals surface area contributed by atoms with Crippen LogP contribution in [-0.2, 0) is 20.9 Å². The van der Waals surface area contributed by atoms with Crippen molar-refractivity contribution in [1.29, 1.82) is 0 Å². The van der Waals surface area contributed by atoms with Gasteiger partial charge in [0.15, 0.2) is 5.78 Å². The molecule has 1 aliphatic carbocycles. The Kier molecular flexibility index (Phi) is 5.65. The van der Waals surface area contributed by atoms with Crippen LogP contribution in [0.1, 0.15) is 48.0 Å². The fourth-order valence-electron chi connectivity index (χ4n) is 4.33. The fraction of sp³-hybridized carbons (Fsp3) is 0.478. The zero-order chi connectivity index (χ0) is 19.7. The third kappa shape index (κ3) is 3.91. The highest BCUT2D eigenvalue weighted by atomic mass is 32.1. The Morgan fingerprint density at radius 2 is 2.14 bits per heavy atom. The van der Waals surface area contributed by atoms with Crippen molar-refractivity contribution in [3.05, 3.63) is 57.7 Å². The van der Waals surface area contributed by atoms with Crippen LogP contribution in [-0.4, -0.2) is 23.0 Å². The monoisotopic (exact) mass is 397 g/mol. The van der Waals surface area contributed by atoms with Gasteiger partial charge in [-0.25, -0.2) is 4.98 Å². The van der Waals surface area contributed by atoms with Crippen LogP contribution >= 0.6 is 11.3 Å². The van der Waals surface area contributed by atoms with Crippen molar-refractivity contribution in [2.75, 3.05) is 0 Å². The molecule has 4 rings (SSSR count). The van der Waals surface area contributed by atoms with Crippen molar-refractivity contribution >= 4 is 22.7 Å². The summed E-state index contributed by atoms with van der Waals surface area (Å²) in [6.45, 7) is 6.83. The molecular weight excluding hydrogens is 370 g/mol. The normalized spacial score (nSPS) is 27.1. The van der Waals surface area contributed by atoms with E-state index in [0.717, 1.165) is 30.0 Å². The number of aromatic nitrogens is 1. The summed E-state index contributed by atoms with van der Waals surface area (Å²) in [6, 6.07) is 8.43. The fourth-order valence-corrected chi connectivity index (χ4v) is 5.13. The lowest BCUT2D eigenvalue weighted by Crippen LogP contribution is -2.45. The van der Waals surface area contributed by atoms with Crippen LogP contribution < -0.4 is 0 Å². The molecule has 2 aromatic rings. The minimum absolute atomic E-state index is 0.0898. The molecule has 4 unspecified atom stereocenters. The van der Waals surface area contributed by atoms with E-state index < -0.39 is 0 Å². The molecule has 1 aliphatic heterocycles. The number of ether oxygens (including phenoxy) is 2. The van der Waals surface area contributed by atoms with Gasteiger partial charge < -0.3 is 9.47 Å². The Bertz CT molecular complexity index is 887. The average Bonchev–Trinajstić information content (AvgIpc) is 3.12. The Hall–Kier alpha value is -1.98. The summed E-state index contributed by atoms with van der Waals surface area (Å²) >= 11 is 1.51. The Labute approximate surface area is 170 Å². The average molecular weight is 398 g/mol. The van der Waals surface area contributed by atoms with E-state index in [1.165, 1.54) is 22.5 Å². The number of Topliss-reactive ketones (excluding diaryl/α,β-unsaturated/α-hetero) is 1. The molecule has 0 N–H and O–H groups in total. The molecule has 5 heteroatoms. The Balaban J connectivity index is 1.47. The molecule has 2 heterocycles. The number of rotatable bonds is 5. The zero-order valence-corrected chi connectivity index (χ0v) is 17.5. The highest BCUT2D eigenvalue weighted by Gasteiger charge is 2.44. The molecule has 1 aromatic heterocycles. The first-order valence-corrected chi connectivity index (χ1v) is 10.9. The van der Waals surface area contributed by atoms with Gasteiger partial charge in [0.1, 0.15) is 11.1 Å². The molecule has 0 spiro atoms. The topological polar surface area (TPSA) is 48.4 Å². The van der Waals surface area contributed by atoms with E-state index in [-0.39, 0.29) is 23.9 Å². The van der Waals surface area contributed by atoms with Crippen LogP contribution in [0.2, 0.25) is 0 Å². The number of benzene rings is 1. The molecule has 2 aliphatic rings. The van der Waals surface area contributed by atoms with Crippen molar-refractivity contribution in [3.8, 4) is 0 Å². The number of carbonyl (C=O) groups is 1. The number of nitrogens with zero attached hydrogens (tertiary/aromatic N) is 1. The van der Waals surface area contributed by atoms with Crippen molar-refractivity contribution in [2.24, 2.45) is 11.8 Å². The summed E-state index contributed by atoms with van der Waals surface area (Å²) in [5, 5.41) is 2.74. The molecule has 28 heavy (non-hydrogen) atoms. The third-order valence-electron chi connectivity index (χ3n) is 5.88. The number of aryl methyl sites for hydroxylation is 2. The second kappa shape index (κ2) is 8.18. The first-order chi connectivity index (χ1) is 13.5. The Morgan fingerprint density at radius 3 is 2.86 bits per heavy atom. The molecule has 0 amide bonds. The van der Waals surface area contributed by atoms with Gasteiger partial charge in [-0.1, -0.05) is 43.2 Å². The second-order valence-corrected chi connectivity index (χ2v) is 8.81. The van der Waals surface area contributed by atoms with Gasteiger partial charge in [-0.2, -0.15) is 0 Å². The number of ketones is 1. The van der Waals surface area contributed by atoms with E-state index in [1.54, 1.807) is 6.26 Å². The highest BCUT2D eigenvalue weighted by molar-refractivity contribution is 7.11. The van der Waals surface area contributed by atoms with Crippen molar-refractivity contribution in [3.63, 3.8) is 0 Å². The van der Waals surface area contributed by atoms with Crippen LogP contribution in [0.15, 0.2) is 35.9 Å². The van der Waals surface area contributed by atoms with Crippen molar-refractivity contribution < 1.29 is 14.3 Å².